The van der Waals surface area contributed by atoms with Gasteiger partial charge in [-0.2, -0.15) is 0 Å². The van der Waals surface area contributed by atoms with Crippen LogP contribution in [0.3, 0.4) is 0 Å². The maximum atomic E-state index is 13.1. The fourth-order valence-electron chi connectivity index (χ4n) is 1.39. The molecule has 0 bridgehead atoms. The summed E-state index contributed by atoms with van der Waals surface area (Å²) in [4.78, 5) is 11.8. The molecule has 0 heterocycles. The molecular formula is C12H16FIN2O3S. The second kappa shape index (κ2) is 7.89. The van der Waals surface area contributed by atoms with E-state index in [0.29, 0.717) is 16.5 Å². The minimum Gasteiger partial charge on any atom is -0.352 e. The Morgan fingerprint density at radius 2 is 2.05 bits per heavy atom. The molecule has 0 aliphatic heterocycles. The summed E-state index contributed by atoms with van der Waals surface area (Å²) in [7, 11) is -3.20. The second-order valence-electron chi connectivity index (χ2n) is 4.03. The molecule has 0 aliphatic rings. The summed E-state index contributed by atoms with van der Waals surface area (Å²) in [5.74, 6) is -0.806. The number of carbonyl (C=O) groups is 1. The molecule has 0 spiro atoms. The van der Waals surface area contributed by atoms with Gasteiger partial charge in [0.1, 0.15) is 5.82 Å². The molecule has 1 rings (SSSR count). The van der Waals surface area contributed by atoms with Crippen molar-refractivity contribution in [1.82, 2.24) is 10.0 Å². The van der Waals surface area contributed by atoms with Crippen molar-refractivity contribution >= 4 is 38.5 Å². The van der Waals surface area contributed by atoms with Gasteiger partial charge in [-0.3, -0.25) is 4.79 Å². The van der Waals surface area contributed by atoms with Gasteiger partial charge in [0.15, 0.2) is 0 Å². The fourth-order valence-corrected chi connectivity index (χ4v) is 2.63. The number of rotatable bonds is 7. The quantitative estimate of drug-likeness (QED) is 0.525. The average molecular weight is 414 g/mol. The van der Waals surface area contributed by atoms with E-state index in [0.717, 1.165) is 0 Å². The Morgan fingerprint density at radius 1 is 1.35 bits per heavy atom. The van der Waals surface area contributed by atoms with Gasteiger partial charge in [-0.15, -0.1) is 0 Å². The third-order valence-electron chi connectivity index (χ3n) is 2.51. The Bertz CT molecular complexity index is 578. The van der Waals surface area contributed by atoms with Crippen molar-refractivity contribution in [3.8, 4) is 0 Å². The van der Waals surface area contributed by atoms with E-state index in [1.165, 1.54) is 18.2 Å². The molecule has 112 valence electrons. The molecule has 8 heteroatoms. The van der Waals surface area contributed by atoms with Crippen LogP contribution in [-0.2, 0) is 10.0 Å². The summed E-state index contributed by atoms with van der Waals surface area (Å²) in [6.07, 6.45) is 0.469. The van der Waals surface area contributed by atoms with E-state index in [4.69, 9.17) is 0 Å². The van der Waals surface area contributed by atoms with E-state index in [9.17, 15) is 17.6 Å². The van der Waals surface area contributed by atoms with Gasteiger partial charge in [-0.1, -0.05) is 0 Å². The summed E-state index contributed by atoms with van der Waals surface area (Å²) in [5, 5.41) is 2.63. The molecule has 2 N–H and O–H groups in total. The molecule has 0 saturated heterocycles. The zero-order chi connectivity index (χ0) is 15.2. The first kappa shape index (κ1) is 17.3. The lowest BCUT2D eigenvalue weighted by Gasteiger charge is -2.08. The number of halogens is 2. The summed E-state index contributed by atoms with van der Waals surface area (Å²) in [5.41, 5.74) is 0.278. The Balaban J connectivity index is 2.39. The van der Waals surface area contributed by atoms with E-state index in [2.05, 4.69) is 10.0 Å². The maximum absolute atomic E-state index is 13.1. The maximum Gasteiger partial charge on any atom is 0.252 e. The first-order valence-electron chi connectivity index (χ1n) is 6.06. The molecule has 1 amide bonds. The van der Waals surface area contributed by atoms with Crippen molar-refractivity contribution in [3.05, 3.63) is 33.1 Å². The third-order valence-corrected chi connectivity index (χ3v) is 4.86. The molecule has 0 saturated carbocycles. The third kappa shape index (κ3) is 5.71. The van der Waals surface area contributed by atoms with E-state index in [1.54, 1.807) is 6.92 Å². The van der Waals surface area contributed by atoms with Gasteiger partial charge in [0.25, 0.3) is 5.91 Å². The van der Waals surface area contributed by atoms with Crippen molar-refractivity contribution < 1.29 is 17.6 Å². The highest BCUT2D eigenvalue weighted by molar-refractivity contribution is 14.1. The van der Waals surface area contributed by atoms with Crippen molar-refractivity contribution in [1.29, 1.82) is 0 Å². The second-order valence-corrected chi connectivity index (χ2v) is 7.29. The highest BCUT2D eigenvalue weighted by Crippen LogP contribution is 2.13. The highest BCUT2D eigenvalue weighted by Gasteiger charge is 2.10. The molecule has 0 aliphatic carbocycles. The van der Waals surface area contributed by atoms with Crippen LogP contribution in [0.15, 0.2) is 18.2 Å². The van der Waals surface area contributed by atoms with Crippen molar-refractivity contribution in [2.45, 2.75) is 13.3 Å². The summed E-state index contributed by atoms with van der Waals surface area (Å²) >= 11 is 1.96. The zero-order valence-corrected chi connectivity index (χ0v) is 13.9. The van der Waals surface area contributed by atoms with E-state index >= 15 is 0 Å². The normalized spacial score (nSPS) is 11.3. The molecule has 0 unspecified atom stereocenters. The molecule has 0 radical (unpaired) electrons. The van der Waals surface area contributed by atoms with Gasteiger partial charge >= 0.3 is 0 Å². The number of hydrogen-bond donors (Lipinski definition) is 2. The smallest absolute Gasteiger partial charge is 0.252 e. The molecular weight excluding hydrogens is 398 g/mol. The number of carbonyl (C=O) groups excluding carboxylic acids is 1. The van der Waals surface area contributed by atoms with E-state index < -0.39 is 15.8 Å². The summed E-state index contributed by atoms with van der Waals surface area (Å²) < 4.78 is 38.4. The van der Waals surface area contributed by atoms with Crippen LogP contribution in [0, 0.1) is 9.39 Å². The summed E-state index contributed by atoms with van der Waals surface area (Å²) in [6, 6.07) is 4.00. The van der Waals surface area contributed by atoms with Crippen molar-refractivity contribution in [2.24, 2.45) is 0 Å². The van der Waals surface area contributed by atoms with Crippen LogP contribution in [-0.4, -0.2) is 33.2 Å². The lowest BCUT2D eigenvalue weighted by molar-refractivity contribution is 0.0952. The zero-order valence-electron chi connectivity index (χ0n) is 10.9. The van der Waals surface area contributed by atoms with Crippen molar-refractivity contribution in [3.63, 3.8) is 0 Å². The first-order chi connectivity index (χ1) is 9.35. The Kier molecular flexibility index (Phi) is 6.83. The minimum atomic E-state index is -3.20. The average Bonchev–Trinajstić information content (AvgIpc) is 2.40. The number of hydrogen-bond acceptors (Lipinski definition) is 3. The molecule has 1 aromatic rings. The molecule has 5 nitrogen and oxygen atoms in total. The first-order valence-corrected chi connectivity index (χ1v) is 8.79. The minimum absolute atomic E-state index is 0.0286. The number of benzene rings is 1. The van der Waals surface area contributed by atoms with Gasteiger partial charge in [0.05, 0.1) is 11.3 Å². The SMILES string of the molecule is CCS(=O)(=O)NCCCNC(=O)c1cc(F)ccc1I. The monoisotopic (exact) mass is 414 g/mol. The van der Waals surface area contributed by atoms with Crippen LogP contribution in [0.25, 0.3) is 0 Å². The fraction of sp³-hybridized carbons (Fsp3) is 0.417. The van der Waals surface area contributed by atoms with E-state index in [1.807, 2.05) is 22.6 Å². The van der Waals surface area contributed by atoms with Gasteiger partial charge < -0.3 is 5.32 Å². The number of nitrogens with one attached hydrogen (secondary N) is 2. The van der Waals surface area contributed by atoms with Crippen LogP contribution in [0.1, 0.15) is 23.7 Å². The molecule has 1 aromatic carbocycles. The molecule has 0 atom stereocenters. The lowest BCUT2D eigenvalue weighted by Crippen LogP contribution is -2.31. The van der Waals surface area contributed by atoms with Crippen LogP contribution in [0.5, 0.6) is 0 Å². The van der Waals surface area contributed by atoms with Crippen LogP contribution < -0.4 is 10.0 Å². The predicted molar refractivity (Wildman–Crippen MR) is 83.5 cm³/mol. The lowest BCUT2D eigenvalue weighted by atomic mass is 10.2. The van der Waals surface area contributed by atoms with Crippen molar-refractivity contribution in [2.75, 3.05) is 18.8 Å². The van der Waals surface area contributed by atoms with Crippen LogP contribution in [0.4, 0.5) is 4.39 Å². The van der Waals surface area contributed by atoms with Gasteiger partial charge in [-0.05, 0) is 54.1 Å². The Labute approximate surface area is 131 Å². The van der Waals surface area contributed by atoms with Crippen LogP contribution in [0.2, 0.25) is 0 Å². The predicted octanol–water partition coefficient (Wildman–Crippen LogP) is 1.49. The van der Waals surface area contributed by atoms with E-state index in [-0.39, 0.29) is 23.8 Å². The molecule has 0 aromatic heterocycles. The van der Waals surface area contributed by atoms with Gasteiger partial charge in [0, 0.05) is 16.7 Å². The topological polar surface area (TPSA) is 75.3 Å². The van der Waals surface area contributed by atoms with Gasteiger partial charge in [0.2, 0.25) is 10.0 Å². The molecule has 0 fully saturated rings. The number of amides is 1. The summed E-state index contributed by atoms with van der Waals surface area (Å²) in [6.45, 7) is 2.13. The Hall–Kier alpha value is -0.740. The van der Waals surface area contributed by atoms with Gasteiger partial charge in [-0.25, -0.2) is 17.5 Å². The largest absolute Gasteiger partial charge is 0.352 e. The standard InChI is InChI=1S/C12H16FIN2O3S/c1-2-20(18,19)16-7-3-6-15-12(17)10-8-9(13)4-5-11(10)14/h4-5,8,16H,2-3,6-7H2,1H3,(H,15,17). The van der Waals surface area contributed by atoms with Crippen LogP contribution >= 0.6 is 22.6 Å². The Morgan fingerprint density at radius 3 is 2.70 bits per heavy atom. The number of sulfonamides is 1. The highest BCUT2D eigenvalue weighted by atomic mass is 127. The molecule has 20 heavy (non-hydrogen) atoms.